The zero-order chi connectivity index (χ0) is 11.7. The van der Waals surface area contributed by atoms with Crippen LogP contribution in [0.25, 0.3) is 0 Å². The maximum atomic E-state index is 11.5. The van der Waals surface area contributed by atoms with E-state index in [4.69, 9.17) is 0 Å². The summed E-state index contributed by atoms with van der Waals surface area (Å²) in [5, 5.41) is 6.51. The number of carbonyl (C=O) groups excluding carboxylic acids is 1. The van der Waals surface area contributed by atoms with Crippen LogP contribution < -0.4 is 10.6 Å². The molecule has 1 amide bonds. The molecule has 0 heterocycles. The number of hydrogen-bond acceptors (Lipinski definition) is 2. The van der Waals surface area contributed by atoms with Crippen molar-refractivity contribution < 1.29 is 4.79 Å². The molecule has 3 unspecified atom stereocenters. The maximum absolute atomic E-state index is 11.5. The average molecular weight is 236 g/mol. The Morgan fingerprint density at radius 3 is 2.65 bits per heavy atom. The van der Waals surface area contributed by atoms with Crippen molar-refractivity contribution in [2.24, 2.45) is 17.8 Å². The second-order valence-corrected chi connectivity index (χ2v) is 6.23. The van der Waals surface area contributed by atoms with Gasteiger partial charge in [-0.15, -0.1) is 0 Å². The van der Waals surface area contributed by atoms with E-state index in [0.717, 1.165) is 30.8 Å². The zero-order valence-corrected chi connectivity index (χ0v) is 10.6. The van der Waals surface area contributed by atoms with Gasteiger partial charge in [0.05, 0.1) is 0 Å². The molecular formula is C14H24N2O. The molecule has 0 radical (unpaired) electrons. The first-order valence-electron chi connectivity index (χ1n) is 7.31. The number of rotatable bonds is 6. The second-order valence-electron chi connectivity index (χ2n) is 6.23. The molecule has 0 saturated heterocycles. The molecule has 17 heavy (non-hydrogen) atoms. The lowest BCUT2D eigenvalue weighted by atomic mass is 9.89. The van der Waals surface area contributed by atoms with Crippen molar-refractivity contribution in [3.63, 3.8) is 0 Å². The van der Waals surface area contributed by atoms with E-state index in [-0.39, 0.29) is 5.91 Å². The molecular weight excluding hydrogens is 212 g/mol. The van der Waals surface area contributed by atoms with Gasteiger partial charge in [-0.05, 0) is 56.4 Å². The molecule has 3 aliphatic rings. The summed E-state index contributed by atoms with van der Waals surface area (Å²) >= 11 is 0. The number of fused-ring (bicyclic) bond motifs is 2. The molecule has 3 atom stereocenters. The molecule has 0 aromatic rings. The van der Waals surface area contributed by atoms with Crippen LogP contribution in [0.5, 0.6) is 0 Å². The molecule has 3 fully saturated rings. The molecule has 0 aromatic heterocycles. The smallest absolute Gasteiger partial charge is 0.221 e. The van der Waals surface area contributed by atoms with Gasteiger partial charge in [-0.2, -0.15) is 0 Å². The van der Waals surface area contributed by atoms with E-state index in [1.807, 2.05) is 0 Å². The monoisotopic (exact) mass is 236 g/mol. The molecule has 2 N–H and O–H groups in total. The highest BCUT2D eigenvalue weighted by Crippen LogP contribution is 2.47. The molecule has 2 bridgehead atoms. The first-order valence-corrected chi connectivity index (χ1v) is 7.31. The quantitative estimate of drug-likeness (QED) is 0.689. The largest absolute Gasteiger partial charge is 0.353 e. The van der Waals surface area contributed by atoms with Gasteiger partial charge in [-0.25, -0.2) is 0 Å². The van der Waals surface area contributed by atoms with E-state index in [1.54, 1.807) is 0 Å². The highest BCUT2D eigenvalue weighted by atomic mass is 16.1. The predicted octanol–water partition coefficient (Wildman–Crippen LogP) is 1.68. The van der Waals surface area contributed by atoms with Gasteiger partial charge in [0.15, 0.2) is 0 Å². The van der Waals surface area contributed by atoms with Crippen molar-refractivity contribution in [3.8, 4) is 0 Å². The fourth-order valence-electron chi connectivity index (χ4n) is 3.64. The fraction of sp³-hybridized carbons (Fsp3) is 0.929. The Morgan fingerprint density at radius 1 is 1.12 bits per heavy atom. The first kappa shape index (κ1) is 11.5. The molecule has 3 nitrogen and oxygen atoms in total. The Bertz CT molecular complexity index is 288. The summed E-state index contributed by atoms with van der Waals surface area (Å²) in [6.07, 6.45) is 8.87. The van der Waals surface area contributed by atoms with Crippen LogP contribution in [0.15, 0.2) is 0 Å². The number of carbonyl (C=O) groups is 1. The molecule has 3 saturated carbocycles. The summed E-state index contributed by atoms with van der Waals surface area (Å²) < 4.78 is 0. The molecule has 0 aliphatic heterocycles. The molecule has 3 heteroatoms. The summed E-state index contributed by atoms with van der Waals surface area (Å²) in [6, 6.07) is 0.507. The van der Waals surface area contributed by atoms with Crippen LogP contribution in [0.3, 0.4) is 0 Å². The Morgan fingerprint density at radius 2 is 2.00 bits per heavy atom. The third-order valence-electron chi connectivity index (χ3n) is 4.76. The SMILES string of the molecule is O=C(CCNCC1CC2CCC1C2)NC1CC1. The minimum Gasteiger partial charge on any atom is -0.353 e. The highest BCUT2D eigenvalue weighted by Gasteiger charge is 2.38. The van der Waals surface area contributed by atoms with Crippen LogP contribution in [0.2, 0.25) is 0 Å². The Hall–Kier alpha value is -0.570. The highest BCUT2D eigenvalue weighted by molar-refractivity contribution is 5.76. The van der Waals surface area contributed by atoms with Crippen molar-refractivity contribution in [1.82, 2.24) is 10.6 Å². The summed E-state index contributed by atoms with van der Waals surface area (Å²) in [4.78, 5) is 11.5. The van der Waals surface area contributed by atoms with Crippen molar-refractivity contribution in [1.29, 1.82) is 0 Å². The van der Waals surface area contributed by atoms with E-state index < -0.39 is 0 Å². The summed E-state index contributed by atoms with van der Waals surface area (Å²) in [5.41, 5.74) is 0. The minimum absolute atomic E-state index is 0.230. The third kappa shape index (κ3) is 3.01. The average Bonchev–Trinajstić information content (AvgIpc) is 2.90. The second kappa shape index (κ2) is 4.97. The van der Waals surface area contributed by atoms with E-state index in [0.29, 0.717) is 12.5 Å². The van der Waals surface area contributed by atoms with Crippen molar-refractivity contribution in [2.45, 2.75) is 51.0 Å². The first-order chi connectivity index (χ1) is 8.31. The van der Waals surface area contributed by atoms with Gasteiger partial charge in [0.25, 0.3) is 0 Å². The van der Waals surface area contributed by atoms with E-state index in [2.05, 4.69) is 10.6 Å². The van der Waals surface area contributed by atoms with E-state index in [1.165, 1.54) is 38.5 Å². The van der Waals surface area contributed by atoms with Crippen LogP contribution in [-0.4, -0.2) is 25.0 Å². The Kier molecular flexibility index (Phi) is 3.37. The van der Waals surface area contributed by atoms with Crippen LogP contribution in [0.4, 0.5) is 0 Å². The van der Waals surface area contributed by atoms with Crippen LogP contribution in [-0.2, 0) is 4.79 Å². The summed E-state index contributed by atoms with van der Waals surface area (Å²) in [5.74, 6) is 3.16. The van der Waals surface area contributed by atoms with Crippen molar-refractivity contribution >= 4 is 5.91 Å². The number of nitrogens with one attached hydrogen (secondary N) is 2. The van der Waals surface area contributed by atoms with Crippen molar-refractivity contribution in [2.75, 3.05) is 13.1 Å². The summed E-state index contributed by atoms with van der Waals surface area (Å²) in [6.45, 7) is 1.99. The lowest BCUT2D eigenvalue weighted by Crippen LogP contribution is -2.32. The van der Waals surface area contributed by atoms with Gasteiger partial charge in [-0.3, -0.25) is 4.79 Å². The number of amides is 1. The Labute approximate surface area is 104 Å². The normalized spacial score (nSPS) is 35.2. The number of hydrogen-bond donors (Lipinski definition) is 2. The van der Waals surface area contributed by atoms with Gasteiger partial charge >= 0.3 is 0 Å². The summed E-state index contributed by atoms with van der Waals surface area (Å²) in [7, 11) is 0. The molecule has 0 spiro atoms. The van der Waals surface area contributed by atoms with Gasteiger partial charge in [0, 0.05) is 19.0 Å². The van der Waals surface area contributed by atoms with Crippen LogP contribution in [0.1, 0.15) is 44.9 Å². The maximum Gasteiger partial charge on any atom is 0.221 e. The molecule has 3 rings (SSSR count). The molecule has 3 aliphatic carbocycles. The minimum atomic E-state index is 0.230. The van der Waals surface area contributed by atoms with Crippen LogP contribution >= 0.6 is 0 Å². The topological polar surface area (TPSA) is 41.1 Å². The molecule has 0 aromatic carbocycles. The van der Waals surface area contributed by atoms with Crippen molar-refractivity contribution in [3.05, 3.63) is 0 Å². The lowest BCUT2D eigenvalue weighted by molar-refractivity contribution is -0.121. The van der Waals surface area contributed by atoms with Gasteiger partial charge < -0.3 is 10.6 Å². The zero-order valence-electron chi connectivity index (χ0n) is 10.6. The van der Waals surface area contributed by atoms with E-state index in [9.17, 15) is 4.79 Å². The van der Waals surface area contributed by atoms with Gasteiger partial charge in [0.2, 0.25) is 5.91 Å². The third-order valence-corrected chi connectivity index (χ3v) is 4.76. The molecule has 96 valence electrons. The van der Waals surface area contributed by atoms with Gasteiger partial charge in [-0.1, -0.05) is 6.42 Å². The van der Waals surface area contributed by atoms with E-state index >= 15 is 0 Å². The lowest BCUT2D eigenvalue weighted by Gasteiger charge is -2.21. The van der Waals surface area contributed by atoms with Gasteiger partial charge in [0.1, 0.15) is 0 Å². The predicted molar refractivity (Wildman–Crippen MR) is 67.6 cm³/mol. The van der Waals surface area contributed by atoms with Crippen LogP contribution in [0, 0.1) is 17.8 Å². The standard InChI is InChI=1S/C14H24N2O/c17-14(16-13-3-4-13)5-6-15-9-12-8-10-1-2-11(12)7-10/h10-13,15H,1-9H2,(H,16,17). The fourth-order valence-corrected chi connectivity index (χ4v) is 3.64. The Balaban J connectivity index is 1.26.